The predicted octanol–water partition coefficient (Wildman–Crippen LogP) is 3.82. The van der Waals surface area contributed by atoms with E-state index in [1.165, 1.54) is 4.90 Å². The second-order valence-electron chi connectivity index (χ2n) is 11.3. The molecule has 4 fully saturated rings. The van der Waals surface area contributed by atoms with Gasteiger partial charge in [0.1, 0.15) is 5.75 Å². The smallest absolute Gasteiger partial charge is 0.316 e. The number of hydrogen-bond donors (Lipinski definition) is 0. The molecule has 0 radical (unpaired) electrons. The minimum Gasteiger partial charge on any atom is -0.426 e. The SMILES string of the molecule is Cc1ccc(N2C[C@H](C(=O)Oc3ccc(N4C(=O)[C@@H]5[C@H]6C=C[C@@H]([C@@H]7C[C@H]67)[C@@H]5C4=O)cc3)CC2=O)c(C)c1. The van der Waals surface area contributed by atoms with E-state index in [-0.39, 0.29) is 54.4 Å². The molecule has 0 aromatic heterocycles. The molecule has 7 heteroatoms. The number of nitrogens with zero attached hydrogens (tertiary/aromatic N) is 2. The van der Waals surface area contributed by atoms with Crippen LogP contribution in [0.15, 0.2) is 54.6 Å². The zero-order valence-electron chi connectivity index (χ0n) is 20.8. The average molecular weight is 497 g/mol. The average Bonchev–Trinajstić information content (AvgIpc) is 3.56. The Morgan fingerprint density at radius 1 is 0.892 bits per heavy atom. The maximum absolute atomic E-state index is 13.3. The van der Waals surface area contributed by atoms with Crippen molar-refractivity contribution in [2.45, 2.75) is 26.7 Å². The lowest BCUT2D eigenvalue weighted by molar-refractivity contribution is -0.139. The van der Waals surface area contributed by atoms with Gasteiger partial charge in [-0.25, -0.2) is 0 Å². The molecule has 2 aromatic carbocycles. The van der Waals surface area contributed by atoms with E-state index in [2.05, 4.69) is 12.2 Å². The van der Waals surface area contributed by atoms with Gasteiger partial charge in [-0.05, 0) is 79.8 Å². The summed E-state index contributed by atoms with van der Waals surface area (Å²) in [5.41, 5.74) is 3.43. The van der Waals surface area contributed by atoms with Gasteiger partial charge in [-0.2, -0.15) is 0 Å². The molecule has 7 atom stereocenters. The van der Waals surface area contributed by atoms with Crippen molar-refractivity contribution < 1.29 is 23.9 Å². The van der Waals surface area contributed by atoms with Crippen LogP contribution in [0.2, 0.25) is 0 Å². The van der Waals surface area contributed by atoms with Gasteiger partial charge in [0.25, 0.3) is 0 Å². The molecule has 37 heavy (non-hydrogen) atoms. The molecule has 2 aliphatic heterocycles. The van der Waals surface area contributed by atoms with Gasteiger partial charge in [0.15, 0.2) is 0 Å². The molecule has 8 rings (SSSR count). The van der Waals surface area contributed by atoms with Gasteiger partial charge in [0.2, 0.25) is 17.7 Å². The fourth-order valence-corrected chi connectivity index (χ4v) is 7.28. The second kappa shape index (κ2) is 7.88. The van der Waals surface area contributed by atoms with Crippen molar-refractivity contribution in [2.24, 2.45) is 41.4 Å². The molecule has 3 amide bonds. The first kappa shape index (κ1) is 22.5. The standard InChI is InChI=1S/C30H28N2O5/c1-15-3-10-24(16(2)11-15)31-14-17(12-25(31)33)30(36)37-19-6-4-18(5-7-19)32-28(34)26-20-8-9-21(23-13-22(20)23)27(26)29(32)35/h3-11,17,20-23,26-27H,12-14H2,1-2H3/t17-,20+,21+,22-,23+,26-,27+/m1/s1. The Labute approximate surface area is 215 Å². The number of carbonyl (C=O) groups is 4. The number of aryl methyl sites for hydroxylation is 2. The van der Waals surface area contributed by atoms with Crippen molar-refractivity contribution in [3.63, 3.8) is 0 Å². The first-order valence-electron chi connectivity index (χ1n) is 13.1. The molecule has 6 aliphatic rings. The zero-order chi connectivity index (χ0) is 25.6. The molecule has 0 spiro atoms. The summed E-state index contributed by atoms with van der Waals surface area (Å²) < 4.78 is 5.59. The highest BCUT2D eigenvalue weighted by atomic mass is 16.5. The monoisotopic (exact) mass is 496 g/mol. The number of esters is 1. The molecule has 0 unspecified atom stereocenters. The molecule has 2 aromatic rings. The van der Waals surface area contributed by atoms with Gasteiger partial charge < -0.3 is 9.64 Å². The van der Waals surface area contributed by atoms with Crippen LogP contribution in [0.25, 0.3) is 0 Å². The maximum atomic E-state index is 13.3. The third-order valence-electron chi connectivity index (χ3n) is 9.08. The lowest BCUT2D eigenvalue weighted by Crippen LogP contribution is -2.40. The highest BCUT2D eigenvalue weighted by Crippen LogP contribution is 2.65. The molecule has 4 aliphatic carbocycles. The molecular weight excluding hydrogens is 468 g/mol. The van der Waals surface area contributed by atoms with Crippen LogP contribution < -0.4 is 14.5 Å². The van der Waals surface area contributed by atoms with E-state index in [1.807, 2.05) is 32.0 Å². The Morgan fingerprint density at radius 3 is 2.16 bits per heavy atom. The largest absolute Gasteiger partial charge is 0.426 e. The Morgan fingerprint density at radius 2 is 1.54 bits per heavy atom. The van der Waals surface area contributed by atoms with Crippen molar-refractivity contribution in [3.05, 3.63) is 65.7 Å². The highest BCUT2D eigenvalue weighted by Gasteiger charge is 2.67. The van der Waals surface area contributed by atoms with E-state index in [1.54, 1.807) is 29.2 Å². The number of carbonyl (C=O) groups excluding carboxylic acids is 4. The number of allylic oxidation sites excluding steroid dienone is 2. The lowest BCUT2D eigenvalue weighted by atomic mass is 9.63. The van der Waals surface area contributed by atoms with Crippen molar-refractivity contribution in [1.82, 2.24) is 0 Å². The van der Waals surface area contributed by atoms with E-state index >= 15 is 0 Å². The molecule has 2 saturated heterocycles. The Hall–Kier alpha value is -3.74. The number of imide groups is 1. The van der Waals surface area contributed by atoms with Gasteiger partial charge in [0, 0.05) is 18.7 Å². The van der Waals surface area contributed by atoms with Gasteiger partial charge in [-0.15, -0.1) is 0 Å². The topological polar surface area (TPSA) is 84.0 Å². The quantitative estimate of drug-likeness (QED) is 0.278. The van der Waals surface area contributed by atoms with Crippen molar-refractivity contribution in [1.29, 1.82) is 0 Å². The summed E-state index contributed by atoms with van der Waals surface area (Å²) >= 11 is 0. The fraction of sp³-hybridized carbons (Fsp3) is 0.400. The van der Waals surface area contributed by atoms with E-state index in [4.69, 9.17) is 4.74 Å². The molecule has 2 bridgehead atoms. The van der Waals surface area contributed by atoms with Crippen LogP contribution in [0.3, 0.4) is 0 Å². The number of amides is 3. The van der Waals surface area contributed by atoms with Gasteiger partial charge in [-0.1, -0.05) is 29.8 Å². The Balaban J connectivity index is 1.04. The molecule has 2 saturated carbocycles. The minimum absolute atomic E-state index is 0.0992. The molecule has 188 valence electrons. The summed E-state index contributed by atoms with van der Waals surface area (Å²) in [4.78, 5) is 55.1. The van der Waals surface area contributed by atoms with Crippen LogP contribution in [0.5, 0.6) is 5.75 Å². The second-order valence-corrected chi connectivity index (χ2v) is 11.3. The van der Waals surface area contributed by atoms with Crippen molar-refractivity contribution in [2.75, 3.05) is 16.3 Å². The maximum Gasteiger partial charge on any atom is 0.316 e. The van der Waals surface area contributed by atoms with Crippen LogP contribution in [0, 0.1) is 55.3 Å². The molecule has 0 N–H and O–H groups in total. The Bertz CT molecular complexity index is 1360. The summed E-state index contributed by atoms with van der Waals surface area (Å²) in [5, 5.41) is 0. The summed E-state index contributed by atoms with van der Waals surface area (Å²) in [6.07, 6.45) is 5.55. The third kappa shape index (κ3) is 3.32. The van der Waals surface area contributed by atoms with Crippen LogP contribution in [-0.2, 0) is 19.2 Å². The van der Waals surface area contributed by atoms with Crippen LogP contribution in [0.1, 0.15) is 24.0 Å². The van der Waals surface area contributed by atoms with Gasteiger partial charge in [0.05, 0.1) is 23.4 Å². The third-order valence-corrected chi connectivity index (χ3v) is 9.08. The molecular formula is C30H28N2O5. The number of anilines is 2. The number of rotatable bonds is 4. The number of ether oxygens (including phenoxy) is 1. The van der Waals surface area contributed by atoms with E-state index in [0.717, 1.165) is 23.2 Å². The molecule has 7 nitrogen and oxygen atoms in total. The first-order valence-corrected chi connectivity index (χ1v) is 13.1. The number of benzene rings is 2. The summed E-state index contributed by atoms with van der Waals surface area (Å²) in [6, 6.07) is 12.4. The summed E-state index contributed by atoms with van der Waals surface area (Å²) in [6.45, 7) is 4.23. The predicted molar refractivity (Wildman–Crippen MR) is 136 cm³/mol. The van der Waals surface area contributed by atoms with Crippen LogP contribution in [0.4, 0.5) is 11.4 Å². The van der Waals surface area contributed by atoms with Crippen LogP contribution >= 0.6 is 0 Å². The molecule has 2 heterocycles. The minimum atomic E-state index is -0.563. The van der Waals surface area contributed by atoms with Gasteiger partial charge >= 0.3 is 5.97 Å². The number of hydrogen-bond acceptors (Lipinski definition) is 5. The van der Waals surface area contributed by atoms with Crippen LogP contribution in [-0.4, -0.2) is 30.2 Å². The summed E-state index contributed by atoms with van der Waals surface area (Å²) in [5.74, 6) is -0.0390. The van der Waals surface area contributed by atoms with E-state index in [9.17, 15) is 19.2 Å². The fourth-order valence-electron chi connectivity index (χ4n) is 7.28. The lowest BCUT2D eigenvalue weighted by Gasteiger charge is -2.37. The normalized spacial score (nSPS) is 33.1. The highest BCUT2D eigenvalue weighted by molar-refractivity contribution is 6.22. The van der Waals surface area contributed by atoms with Crippen molar-refractivity contribution in [3.8, 4) is 5.75 Å². The Kier molecular flexibility index (Phi) is 4.78. The zero-order valence-corrected chi connectivity index (χ0v) is 20.8. The summed E-state index contributed by atoms with van der Waals surface area (Å²) in [7, 11) is 0. The van der Waals surface area contributed by atoms with Crippen molar-refractivity contribution >= 4 is 35.1 Å². The van der Waals surface area contributed by atoms with Gasteiger partial charge in [-0.3, -0.25) is 24.1 Å². The van der Waals surface area contributed by atoms with E-state index < -0.39 is 11.9 Å². The first-order chi connectivity index (χ1) is 17.8. The van der Waals surface area contributed by atoms with E-state index in [0.29, 0.717) is 23.3 Å².